The van der Waals surface area contributed by atoms with Crippen molar-refractivity contribution >= 4 is 38.5 Å². The first-order chi connectivity index (χ1) is 15.4. The average molecular weight is 473 g/mol. The zero-order valence-corrected chi connectivity index (χ0v) is 18.0. The second-order valence-corrected chi connectivity index (χ2v) is 8.39. The summed E-state index contributed by atoms with van der Waals surface area (Å²) in [6.45, 7) is 1.84. The van der Waals surface area contributed by atoms with Gasteiger partial charge in [-0.15, -0.1) is 0 Å². The Balaban J connectivity index is 1.65. The first-order valence-corrected chi connectivity index (χ1v) is 11.0. The van der Waals surface area contributed by atoms with E-state index in [9.17, 15) is 12.8 Å². The van der Waals surface area contributed by atoms with E-state index in [0.29, 0.717) is 11.2 Å². The Bertz CT molecular complexity index is 1480. The molecule has 0 radical (unpaired) electrons. The zero-order valence-electron chi connectivity index (χ0n) is 16.4. The van der Waals surface area contributed by atoms with Crippen molar-refractivity contribution < 1.29 is 17.5 Å². The number of aromatic nitrogens is 5. The molecule has 0 aliphatic rings. The molecule has 4 rings (SSSR count). The highest BCUT2D eigenvalue weighted by molar-refractivity contribution is 7.92. The summed E-state index contributed by atoms with van der Waals surface area (Å²) in [7, 11) is -4.31. The first-order valence-electron chi connectivity index (χ1n) is 9.14. The fourth-order valence-electron chi connectivity index (χ4n) is 2.68. The van der Waals surface area contributed by atoms with E-state index in [-0.39, 0.29) is 28.0 Å². The van der Waals surface area contributed by atoms with E-state index < -0.39 is 21.7 Å². The number of hydrogen-bond donors (Lipinski definition) is 2. The van der Waals surface area contributed by atoms with Crippen LogP contribution in [0.1, 0.15) is 18.1 Å². The van der Waals surface area contributed by atoms with Gasteiger partial charge in [0.25, 0.3) is 10.0 Å². The van der Waals surface area contributed by atoms with Gasteiger partial charge >= 0.3 is 0 Å². The molecule has 0 spiro atoms. The summed E-state index contributed by atoms with van der Waals surface area (Å²) < 4.78 is 48.0. The molecule has 9 nitrogen and oxygen atoms in total. The molecule has 0 fully saturated rings. The molecule has 0 aromatic carbocycles. The Morgan fingerprint density at radius 3 is 2.84 bits per heavy atom. The van der Waals surface area contributed by atoms with Crippen LogP contribution in [0.3, 0.4) is 0 Å². The summed E-state index contributed by atoms with van der Waals surface area (Å²) >= 11 is 5.88. The summed E-state index contributed by atoms with van der Waals surface area (Å²) in [4.78, 5) is 11.5. The molecule has 0 aliphatic heterocycles. The summed E-state index contributed by atoms with van der Waals surface area (Å²) in [5, 5.41) is 7.43. The number of fused-ring (bicyclic) bond motifs is 1. The van der Waals surface area contributed by atoms with Crippen molar-refractivity contribution in [3.8, 4) is 17.7 Å². The molecular formula is C20H14ClFN6O3S. The molecule has 32 heavy (non-hydrogen) atoms. The van der Waals surface area contributed by atoms with Gasteiger partial charge in [0.2, 0.25) is 5.88 Å². The quantitative estimate of drug-likeness (QED) is 0.428. The monoisotopic (exact) mass is 472 g/mol. The Hall–Kier alpha value is -3.75. The minimum absolute atomic E-state index is 0.0563. The number of H-pyrrole nitrogens is 1. The number of anilines is 1. The van der Waals surface area contributed by atoms with Crippen LogP contribution in [-0.4, -0.2) is 40.2 Å². The van der Waals surface area contributed by atoms with Crippen LogP contribution in [0.5, 0.6) is 5.88 Å². The smallest absolute Gasteiger partial charge is 0.268 e. The van der Waals surface area contributed by atoms with Crippen LogP contribution in [0.25, 0.3) is 11.0 Å². The van der Waals surface area contributed by atoms with Crippen LogP contribution in [0.4, 0.5) is 10.2 Å². The molecule has 12 heteroatoms. The van der Waals surface area contributed by atoms with Gasteiger partial charge in [-0.1, -0.05) is 23.4 Å². The molecule has 2 N–H and O–H groups in total. The van der Waals surface area contributed by atoms with Crippen LogP contribution in [-0.2, 0) is 10.0 Å². The lowest BCUT2D eigenvalue weighted by atomic mass is 10.2. The van der Waals surface area contributed by atoms with Crippen molar-refractivity contribution in [2.75, 3.05) is 11.3 Å². The lowest BCUT2D eigenvalue weighted by Crippen LogP contribution is -2.17. The molecule has 4 heterocycles. The highest BCUT2D eigenvalue weighted by Gasteiger charge is 2.24. The van der Waals surface area contributed by atoms with Gasteiger partial charge in [0.05, 0.1) is 23.4 Å². The van der Waals surface area contributed by atoms with Crippen LogP contribution in [0.15, 0.2) is 47.9 Å². The highest BCUT2D eigenvalue weighted by Crippen LogP contribution is 2.27. The minimum Gasteiger partial charge on any atom is -0.477 e. The highest BCUT2D eigenvalue weighted by atomic mass is 35.5. The van der Waals surface area contributed by atoms with Gasteiger partial charge in [-0.25, -0.2) is 27.8 Å². The number of pyridine rings is 3. The van der Waals surface area contributed by atoms with Gasteiger partial charge in [-0.05, 0) is 25.1 Å². The molecule has 0 amide bonds. The topological polar surface area (TPSA) is 123 Å². The zero-order chi connectivity index (χ0) is 22.7. The number of aromatic amines is 1. The molecule has 0 atom stereocenters. The Morgan fingerprint density at radius 1 is 1.19 bits per heavy atom. The van der Waals surface area contributed by atoms with Crippen molar-refractivity contribution in [1.82, 2.24) is 25.1 Å². The maximum absolute atomic E-state index is 15.0. The SMILES string of the molecule is CCOc1ncc(Cl)cc1S(=O)(=O)Nc1nccc(C#Cc2cnc3[nH]ncc3c2)c1F. The van der Waals surface area contributed by atoms with Crippen LogP contribution in [0.2, 0.25) is 5.02 Å². The third kappa shape index (κ3) is 4.46. The Morgan fingerprint density at radius 2 is 2.03 bits per heavy atom. The fraction of sp³-hybridized carbons (Fsp3) is 0.100. The number of sulfonamides is 1. The van der Waals surface area contributed by atoms with E-state index in [1.165, 1.54) is 24.7 Å². The van der Waals surface area contributed by atoms with Crippen molar-refractivity contribution in [3.63, 3.8) is 0 Å². The van der Waals surface area contributed by atoms with E-state index in [1.54, 1.807) is 19.2 Å². The number of rotatable bonds is 5. The normalized spacial score (nSPS) is 11.1. The third-order valence-electron chi connectivity index (χ3n) is 4.11. The second-order valence-electron chi connectivity index (χ2n) is 6.30. The maximum atomic E-state index is 15.0. The Kier molecular flexibility index (Phi) is 5.89. The maximum Gasteiger partial charge on any atom is 0.268 e. The first kappa shape index (κ1) is 21.5. The van der Waals surface area contributed by atoms with E-state index in [1.807, 2.05) is 0 Å². The van der Waals surface area contributed by atoms with E-state index >= 15 is 0 Å². The van der Waals surface area contributed by atoms with Crippen molar-refractivity contribution in [1.29, 1.82) is 0 Å². The van der Waals surface area contributed by atoms with Crippen molar-refractivity contribution in [3.05, 3.63) is 65.0 Å². The van der Waals surface area contributed by atoms with Gasteiger partial charge in [0, 0.05) is 29.5 Å². The lowest BCUT2D eigenvalue weighted by Gasteiger charge is -2.12. The van der Waals surface area contributed by atoms with Crippen molar-refractivity contribution in [2.45, 2.75) is 11.8 Å². The average Bonchev–Trinajstić information content (AvgIpc) is 3.23. The Labute approximate surface area is 187 Å². The van der Waals surface area contributed by atoms with Crippen molar-refractivity contribution in [2.24, 2.45) is 0 Å². The molecule has 162 valence electrons. The second kappa shape index (κ2) is 8.78. The summed E-state index contributed by atoms with van der Waals surface area (Å²) in [5.41, 5.74) is 1.08. The third-order valence-corrected chi connectivity index (χ3v) is 5.65. The van der Waals surface area contributed by atoms with Gasteiger partial charge in [0.15, 0.2) is 22.2 Å². The van der Waals surface area contributed by atoms with E-state index in [2.05, 4.69) is 41.7 Å². The standard InChI is InChI=1S/C20H14ClFN6O3S/c1-2-31-20-16(8-15(21)11-25-20)32(29,30)28-19-17(22)13(5-6-23-19)4-3-12-7-14-10-26-27-18(14)24-9-12/h5-11H,2H2,1H3,(H,23,28)(H,24,26,27). The van der Waals surface area contributed by atoms with E-state index in [0.717, 1.165) is 11.5 Å². The molecule has 4 aromatic rings. The summed E-state index contributed by atoms with van der Waals surface area (Å²) in [6.07, 6.45) is 5.59. The van der Waals surface area contributed by atoms with Gasteiger partial charge in [0.1, 0.15) is 0 Å². The summed E-state index contributed by atoms with van der Waals surface area (Å²) in [5.74, 6) is 3.83. The number of nitrogens with one attached hydrogen (secondary N) is 2. The lowest BCUT2D eigenvalue weighted by molar-refractivity contribution is 0.317. The predicted octanol–water partition coefficient (Wildman–Crippen LogP) is 3.14. The largest absolute Gasteiger partial charge is 0.477 e. The molecular weight excluding hydrogens is 459 g/mol. The molecule has 0 unspecified atom stereocenters. The molecule has 0 saturated heterocycles. The minimum atomic E-state index is -4.31. The number of nitrogens with zero attached hydrogens (tertiary/aromatic N) is 4. The molecule has 0 bridgehead atoms. The molecule has 0 aliphatic carbocycles. The summed E-state index contributed by atoms with van der Waals surface area (Å²) in [6, 6.07) is 4.22. The predicted molar refractivity (Wildman–Crippen MR) is 115 cm³/mol. The van der Waals surface area contributed by atoms with Gasteiger partial charge in [-0.2, -0.15) is 5.10 Å². The fourth-order valence-corrected chi connectivity index (χ4v) is 4.04. The van der Waals surface area contributed by atoms with Gasteiger partial charge in [-0.3, -0.25) is 9.82 Å². The van der Waals surface area contributed by atoms with Crippen LogP contribution < -0.4 is 9.46 Å². The molecule has 4 aromatic heterocycles. The van der Waals surface area contributed by atoms with E-state index in [4.69, 9.17) is 16.3 Å². The number of hydrogen-bond acceptors (Lipinski definition) is 7. The van der Waals surface area contributed by atoms with Crippen LogP contribution in [0, 0.1) is 17.7 Å². The van der Waals surface area contributed by atoms with Gasteiger partial charge < -0.3 is 4.74 Å². The number of halogens is 2. The molecule has 0 saturated carbocycles. The van der Waals surface area contributed by atoms with Crippen LogP contribution >= 0.6 is 11.6 Å². The number of ether oxygens (including phenoxy) is 1.